The zero-order valence-electron chi connectivity index (χ0n) is 52.9. The second-order valence-electron chi connectivity index (χ2n) is 24.6. The second-order valence-corrected chi connectivity index (χ2v) is 24.6. The van der Waals surface area contributed by atoms with Gasteiger partial charge in [0.05, 0.1) is 25.4 Å². The van der Waals surface area contributed by atoms with Crippen molar-refractivity contribution < 1.29 is 24.5 Å². The molecule has 0 rings (SSSR count). The van der Waals surface area contributed by atoms with Gasteiger partial charge in [-0.15, -0.1) is 0 Å². The van der Waals surface area contributed by atoms with Gasteiger partial charge in [0, 0.05) is 12.8 Å². The molecule has 78 heavy (non-hydrogen) atoms. The monoisotopic (exact) mass is 1100 g/mol. The largest absolute Gasteiger partial charge is 0.466 e. The topological polar surface area (TPSA) is 95.9 Å². The van der Waals surface area contributed by atoms with Gasteiger partial charge in [0.15, 0.2) is 0 Å². The van der Waals surface area contributed by atoms with Crippen LogP contribution in [0.4, 0.5) is 0 Å². The van der Waals surface area contributed by atoms with Crippen molar-refractivity contribution >= 4 is 11.9 Å². The molecule has 0 radical (unpaired) electrons. The molecule has 0 saturated carbocycles. The average molecular weight is 1100 g/mol. The van der Waals surface area contributed by atoms with E-state index < -0.39 is 12.1 Å². The molecule has 0 aromatic carbocycles. The van der Waals surface area contributed by atoms with Crippen LogP contribution in [-0.4, -0.2) is 47.4 Å². The summed E-state index contributed by atoms with van der Waals surface area (Å²) < 4.78 is 5.49. The predicted octanol–water partition coefficient (Wildman–Crippen LogP) is 22.9. The molecule has 0 fully saturated rings. The summed E-state index contributed by atoms with van der Waals surface area (Å²) in [5, 5.41) is 23.4. The third kappa shape index (κ3) is 63.5. The number of amides is 1. The fourth-order valence-corrected chi connectivity index (χ4v) is 11.3. The van der Waals surface area contributed by atoms with Crippen molar-refractivity contribution in [2.45, 2.75) is 411 Å². The fraction of sp³-hybridized carbons (Fsp3) is 0.917. The van der Waals surface area contributed by atoms with Gasteiger partial charge in [0.2, 0.25) is 5.91 Å². The Morgan fingerprint density at radius 3 is 1.00 bits per heavy atom. The molecule has 0 aromatic rings. The number of aliphatic hydroxyl groups is 2. The number of rotatable bonds is 67. The summed E-state index contributed by atoms with van der Waals surface area (Å²) in [6, 6.07) is -0.542. The average Bonchev–Trinajstić information content (AvgIpc) is 3.44. The Balaban J connectivity index is 3.37. The van der Waals surface area contributed by atoms with Crippen LogP contribution in [0.15, 0.2) is 24.3 Å². The number of nitrogens with one attached hydrogen (secondary N) is 1. The van der Waals surface area contributed by atoms with E-state index in [0.29, 0.717) is 25.9 Å². The van der Waals surface area contributed by atoms with Gasteiger partial charge < -0.3 is 20.3 Å². The standard InChI is InChI=1S/C72H139NO5/c1-3-5-7-9-11-13-15-17-19-20-21-22-27-30-33-37-40-44-48-52-56-60-64-70(75)69(68-74)73-71(76)65-61-57-53-49-45-41-38-34-31-28-25-23-24-26-29-32-35-39-43-47-51-55-59-63-67-78-72(77)66-62-58-54-50-46-42-36-18-16-14-12-10-8-6-4-2/h12,14,18,36,69-70,74-75H,3-11,13,15-17,19-35,37-68H2,1-2H3,(H,73,76)/b14-12-,36-18-. The molecular formula is C72H139NO5. The Morgan fingerprint density at radius 1 is 0.359 bits per heavy atom. The van der Waals surface area contributed by atoms with Crippen LogP contribution in [0.3, 0.4) is 0 Å². The number of esters is 1. The Morgan fingerprint density at radius 2 is 0.641 bits per heavy atom. The van der Waals surface area contributed by atoms with E-state index in [9.17, 15) is 19.8 Å². The molecule has 0 spiro atoms. The minimum absolute atomic E-state index is 0.00235. The summed E-state index contributed by atoms with van der Waals surface area (Å²) in [5.74, 6) is -0.0270. The summed E-state index contributed by atoms with van der Waals surface area (Å²) in [5.41, 5.74) is 0. The number of carbonyl (C=O) groups excluding carboxylic acids is 2. The van der Waals surface area contributed by atoms with Gasteiger partial charge in [-0.05, 0) is 57.8 Å². The number of carbonyl (C=O) groups is 2. The van der Waals surface area contributed by atoms with Crippen molar-refractivity contribution in [1.82, 2.24) is 5.32 Å². The van der Waals surface area contributed by atoms with Crippen molar-refractivity contribution in [2.75, 3.05) is 13.2 Å². The Kier molecular flexibility index (Phi) is 66.4. The fourth-order valence-electron chi connectivity index (χ4n) is 11.3. The Bertz CT molecular complexity index is 1220. The van der Waals surface area contributed by atoms with Gasteiger partial charge >= 0.3 is 5.97 Å². The van der Waals surface area contributed by atoms with Gasteiger partial charge in [-0.3, -0.25) is 9.59 Å². The van der Waals surface area contributed by atoms with Crippen LogP contribution in [0.2, 0.25) is 0 Å². The summed E-state index contributed by atoms with van der Waals surface area (Å²) in [6.45, 7) is 4.96. The van der Waals surface area contributed by atoms with Crippen molar-refractivity contribution in [3.8, 4) is 0 Å². The molecule has 0 bridgehead atoms. The number of hydrogen-bond acceptors (Lipinski definition) is 5. The smallest absolute Gasteiger partial charge is 0.305 e. The highest BCUT2D eigenvalue weighted by Crippen LogP contribution is 2.19. The van der Waals surface area contributed by atoms with Crippen LogP contribution in [0.5, 0.6) is 0 Å². The van der Waals surface area contributed by atoms with Gasteiger partial charge in [-0.1, -0.05) is 353 Å². The minimum atomic E-state index is -0.665. The number of hydrogen-bond donors (Lipinski definition) is 3. The van der Waals surface area contributed by atoms with Crippen molar-refractivity contribution in [2.24, 2.45) is 0 Å². The SMILES string of the molecule is CCCCC/C=C\C/C=C\CCCCCCCC(=O)OCCCCCCCCCCCCCCCCCCCCCCCCCCC(=O)NC(CO)C(O)CCCCCCCCCCCCCCCCCCCCCCCC. The Hall–Kier alpha value is -1.66. The molecular weight excluding hydrogens is 959 g/mol. The molecule has 0 aromatic heterocycles. The van der Waals surface area contributed by atoms with E-state index in [0.717, 1.165) is 51.4 Å². The Labute approximate surface area is 488 Å². The lowest BCUT2D eigenvalue weighted by atomic mass is 10.0. The predicted molar refractivity (Wildman–Crippen MR) is 343 cm³/mol. The number of allylic oxidation sites excluding steroid dienone is 4. The quantitative estimate of drug-likeness (QED) is 0.0320. The second kappa shape index (κ2) is 67.8. The maximum absolute atomic E-state index is 12.6. The van der Waals surface area contributed by atoms with Gasteiger partial charge in [0.25, 0.3) is 0 Å². The molecule has 6 heteroatoms. The van der Waals surface area contributed by atoms with Crippen LogP contribution in [0, 0.1) is 0 Å². The van der Waals surface area contributed by atoms with E-state index >= 15 is 0 Å². The van der Waals surface area contributed by atoms with Crippen molar-refractivity contribution in [1.29, 1.82) is 0 Å². The normalized spacial score (nSPS) is 12.6. The first-order chi connectivity index (χ1) is 38.5. The molecule has 0 aliphatic heterocycles. The number of ether oxygens (including phenoxy) is 1. The lowest BCUT2D eigenvalue weighted by Crippen LogP contribution is -2.45. The van der Waals surface area contributed by atoms with Crippen molar-refractivity contribution in [3.05, 3.63) is 24.3 Å². The van der Waals surface area contributed by atoms with Crippen LogP contribution in [0.1, 0.15) is 399 Å². The third-order valence-corrected chi connectivity index (χ3v) is 16.8. The van der Waals surface area contributed by atoms with E-state index in [4.69, 9.17) is 4.74 Å². The maximum Gasteiger partial charge on any atom is 0.305 e. The van der Waals surface area contributed by atoms with Crippen LogP contribution in [-0.2, 0) is 14.3 Å². The highest BCUT2D eigenvalue weighted by Gasteiger charge is 2.20. The van der Waals surface area contributed by atoms with E-state index in [1.54, 1.807) is 0 Å². The van der Waals surface area contributed by atoms with E-state index in [1.165, 1.54) is 315 Å². The lowest BCUT2D eigenvalue weighted by Gasteiger charge is -2.22. The first-order valence-corrected chi connectivity index (χ1v) is 35.6. The zero-order valence-corrected chi connectivity index (χ0v) is 52.9. The highest BCUT2D eigenvalue weighted by atomic mass is 16.5. The van der Waals surface area contributed by atoms with Crippen LogP contribution >= 0.6 is 0 Å². The molecule has 6 nitrogen and oxygen atoms in total. The van der Waals surface area contributed by atoms with Gasteiger partial charge in [-0.25, -0.2) is 0 Å². The van der Waals surface area contributed by atoms with Crippen LogP contribution in [0.25, 0.3) is 0 Å². The van der Waals surface area contributed by atoms with Gasteiger partial charge in [0.1, 0.15) is 0 Å². The van der Waals surface area contributed by atoms with E-state index in [-0.39, 0.29) is 18.5 Å². The number of unbranched alkanes of at least 4 members (excludes halogenated alkanes) is 52. The molecule has 462 valence electrons. The first kappa shape index (κ1) is 76.3. The summed E-state index contributed by atoms with van der Waals surface area (Å²) >= 11 is 0. The summed E-state index contributed by atoms with van der Waals surface area (Å²) in [7, 11) is 0. The van der Waals surface area contributed by atoms with Gasteiger partial charge in [-0.2, -0.15) is 0 Å². The number of aliphatic hydroxyl groups excluding tert-OH is 2. The van der Waals surface area contributed by atoms with E-state index in [2.05, 4.69) is 43.5 Å². The molecule has 2 atom stereocenters. The molecule has 0 aliphatic rings. The molecule has 1 amide bonds. The highest BCUT2D eigenvalue weighted by molar-refractivity contribution is 5.76. The van der Waals surface area contributed by atoms with Crippen molar-refractivity contribution in [3.63, 3.8) is 0 Å². The molecule has 0 aliphatic carbocycles. The molecule has 3 N–H and O–H groups in total. The maximum atomic E-state index is 12.6. The third-order valence-electron chi connectivity index (χ3n) is 16.8. The molecule has 0 heterocycles. The minimum Gasteiger partial charge on any atom is -0.466 e. The van der Waals surface area contributed by atoms with Crippen LogP contribution < -0.4 is 5.32 Å². The zero-order chi connectivity index (χ0) is 56.4. The van der Waals surface area contributed by atoms with E-state index in [1.807, 2.05) is 0 Å². The first-order valence-electron chi connectivity index (χ1n) is 35.6. The molecule has 2 unspecified atom stereocenters. The lowest BCUT2D eigenvalue weighted by molar-refractivity contribution is -0.143. The molecule has 0 saturated heterocycles. The summed E-state index contributed by atoms with van der Waals surface area (Å²) in [4.78, 5) is 24.6. The summed E-state index contributed by atoms with van der Waals surface area (Å²) in [6.07, 6.45) is 85.1.